The van der Waals surface area contributed by atoms with E-state index in [4.69, 9.17) is 9.84 Å². The molecule has 176 valence electrons. The van der Waals surface area contributed by atoms with E-state index in [2.05, 4.69) is 71.7 Å². The van der Waals surface area contributed by atoms with Gasteiger partial charge in [-0.25, -0.2) is 0 Å². The Morgan fingerprint density at radius 1 is 1.03 bits per heavy atom. The Balaban J connectivity index is 1.37. The third kappa shape index (κ3) is 6.81. The Hall–Kier alpha value is -2.89. The number of hydrogen-bond acceptors (Lipinski definition) is 4. The second-order valence-corrected chi connectivity index (χ2v) is 9.78. The summed E-state index contributed by atoms with van der Waals surface area (Å²) in [6, 6.07) is 23.2. The topological polar surface area (TPSA) is 59.4 Å². The molecule has 34 heavy (non-hydrogen) atoms. The fourth-order valence-corrected chi connectivity index (χ4v) is 5.95. The zero-order valence-electron chi connectivity index (χ0n) is 19.3. The molecule has 0 amide bonds. The van der Waals surface area contributed by atoms with Gasteiger partial charge in [0.2, 0.25) is 0 Å². The van der Waals surface area contributed by atoms with Crippen LogP contribution in [0.1, 0.15) is 42.1 Å². The summed E-state index contributed by atoms with van der Waals surface area (Å²) in [7, 11) is 0. The lowest BCUT2D eigenvalue weighted by molar-refractivity contribution is -0.137. The lowest BCUT2D eigenvalue weighted by Gasteiger charge is -2.23. The van der Waals surface area contributed by atoms with Crippen molar-refractivity contribution in [2.45, 2.75) is 43.6 Å². The van der Waals surface area contributed by atoms with Crippen LogP contribution in [0.25, 0.3) is 11.1 Å². The van der Waals surface area contributed by atoms with Gasteiger partial charge in [-0.1, -0.05) is 72.8 Å². The van der Waals surface area contributed by atoms with Gasteiger partial charge in [0.05, 0.1) is 12.7 Å². The molecule has 1 fully saturated rings. The maximum Gasteiger partial charge on any atom is 0.303 e. The first-order valence-electron chi connectivity index (χ1n) is 11.8. The normalized spacial score (nSPS) is 20.1. The van der Waals surface area contributed by atoms with Crippen molar-refractivity contribution in [1.82, 2.24) is 4.98 Å². The van der Waals surface area contributed by atoms with E-state index in [0.717, 1.165) is 18.6 Å². The average molecular weight is 474 g/mol. The number of thioether (sulfide) groups is 1. The molecule has 0 radical (unpaired) electrons. The Morgan fingerprint density at radius 3 is 2.56 bits per heavy atom. The van der Waals surface area contributed by atoms with Crippen LogP contribution in [0.4, 0.5) is 0 Å². The highest BCUT2D eigenvalue weighted by molar-refractivity contribution is 7.99. The molecule has 0 saturated carbocycles. The minimum Gasteiger partial charge on any atom is -0.481 e. The number of allylic oxidation sites excluding steroid dienone is 2. The van der Waals surface area contributed by atoms with Crippen LogP contribution < -0.4 is 0 Å². The van der Waals surface area contributed by atoms with Gasteiger partial charge in [0.15, 0.2) is 0 Å². The number of carboxylic acids is 1. The van der Waals surface area contributed by atoms with Crippen LogP contribution >= 0.6 is 11.8 Å². The number of pyridine rings is 1. The van der Waals surface area contributed by atoms with Crippen molar-refractivity contribution < 1.29 is 14.6 Å². The Bertz CT molecular complexity index is 1050. The maximum absolute atomic E-state index is 10.7. The molecule has 0 aliphatic carbocycles. The average Bonchev–Trinajstić information content (AvgIpc) is 3.28. The number of benzene rings is 2. The summed E-state index contributed by atoms with van der Waals surface area (Å²) in [5.41, 5.74) is 4.85. The third-order valence-electron chi connectivity index (χ3n) is 6.18. The molecule has 4 nitrogen and oxygen atoms in total. The van der Waals surface area contributed by atoms with Gasteiger partial charge >= 0.3 is 5.97 Å². The zero-order valence-corrected chi connectivity index (χ0v) is 20.1. The fraction of sp³-hybridized carbons (Fsp3) is 0.310. The summed E-state index contributed by atoms with van der Waals surface area (Å²) < 4.78 is 6.46. The van der Waals surface area contributed by atoms with Crippen molar-refractivity contribution in [1.29, 1.82) is 0 Å². The van der Waals surface area contributed by atoms with E-state index in [9.17, 15) is 4.79 Å². The highest BCUT2D eigenvalue weighted by Gasteiger charge is 2.37. The van der Waals surface area contributed by atoms with Gasteiger partial charge in [0, 0.05) is 35.7 Å². The molecule has 2 heterocycles. The summed E-state index contributed by atoms with van der Waals surface area (Å²) in [6.45, 7) is 0.596. The van der Waals surface area contributed by atoms with Crippen molar-refractivity contribution >= 4 is 17.7 Å². The van der Waals surface area contributed by atoms with E-state index in [1.165, 1.54) is 22.3 Å². The van der Waals surface area contributed by atoms with Crippen molar-refractivity contribution in [2.24, 2.45) is 5.92 Å². The lowest BCUT2D eigenvalue weighted by Crippen LogP contribution is -2.23. The molecular formula is C29H31NO3S. The lowest BCUT2D eigenvalue weighted by atomic mass is 9.91. The molecule has 2 aromatic carbocycles. The van der Waals surface area contributed by atoms with Crippen LogP contribution in [-0.2, 0) is 16.1 Å². The van der Waals surface area contributed by atoms with E-state index in [-0.39, 0.29) is 12.5 Å². The molecular weight excluding hydrogens is 442 g/mol. The molecule has 1 aromatic heterocycles. The van der Waals surface area contributed by atoms with Crippen LogP contribution in [0.3, 0.4) is 0 Å². The number of unbranched alkanes of at least 4 members (excludes halogenated alkanes) is 1. The van der Waals surface area contributed by atoms with Crippen molar-refractivity contribution in [3.05, 3.63) is 102 Å². The molecule has 1 aliphatic rings. The van der Waals surface area contributed by atoms with Crippen LogP contribution in [0.15, 0.2) is 91.3 Å². The molecule has 1 N–H and O–H groups in total. The summed E-state index contributed by atoms with van der Waals surface area (Å²) in [6.07, 6.45) is 10.9. The molecule has 1 saturated heterocycles. The molecule has 0 unspecified atom stereocenters. The predicted octanol–water partition coefficient (Wildman–Crippen LogP) is 6.94. The SMILES string of the molecule is O=C(O)CCC/C=C\C[C@@H]1[C@@H](c2cccnc2)SC[C@H]1OCc1ccc(-c2ccccc2)cc1. The maximum atomic E-state index is 10.7. The summed E-state index contributed by atoms with van der Waals surface area (Å²) >= 11 is 1.94. The summed E-state index contributed by atoms with van der Waals surface area (Å²) in [5, 5.41) is 9.16. The molecule has 0 bridgehead atoms. The van der Waals surface area contributed by atoms with Crippen LogP contribution in [0, 0.1) is 5.92 Å². The fourth-order valence-electron chi connectivity index (χ4n) is 4.35. The first kappa shape index (κ1) is 24.2. The zero-order chi connectivity index (χ0) is 23.6. The Morgan fingerprint density at radius 2 is 1.82 bits per heavy atom. The number of ether oxygens (including phenoxy) is 1. The van der Waals surface area contributed by atoms with Gasteiger partial charge in [-0.2, -0.15) is 11.8 Å². The van der Waals surface area contributed by atoms with Crippen molar-refractivity contribution in [3.8, 4) is 11.1 Å². The highest BCUT2D eigenvalue weighted by Crippen LogP contribution is 2.47. The quantitative estimate of drug-likeness (QED) is 0.241. The smallest absolute Gasteiger partial charge is 0.303 e. The number of aliphatic carboxylic acids is 1. The number of carbonyl (C=O) groups is 1. The third-order valence-corrected chi connectivity index (χ3v) is 7.68. The molecule has 0 spiro atoms. The largest absolute Gasteiger partial charge is 0.481 e. The first-order valence-corrected chi connectivity index (χ1v) is 12.9. The van der Waals surface area contributed by atoms with E-state index in [1.807, 2.05) is 36.3 Å². The van der Waals surface area contributed by atoms with Crippen LogP contribution in [0.5, 0.6) is 0 Å². The summed E-state index contributed by atoms with van der Waals surface area (Å²) in [5.74, 6) is 0.579. The van der Waals surface area contributed by atoms with Crippen LogP contribution in [0.2, 0.25) is 0 Å². The van der Waals surface area contributed by atoms with Crippen LogP contribution in [-0.4, -0.2) is 27.9 Å². The van der Waals surface area contributed by atoms with E-state index >= 15 is 0 Å². The van der Waals surface area contributed by atoms with Gasteiger partial charge in [0.1, 0.15) is 0 Å². The second kappa shape index (κ2) is 12.5. The van der Waals surface area contributed by atoms with Gasteiger partial charge < -0.3 is 9.84 Å². The molecule has 3 aromatic rings. The Labute approximate surface area is 206 Å². The minimum atomic E-state index is -0.734. The number of hydrogen-bond donors (Lipinski definition) is 1. The number of nitrogens with zero attached hydrogens (tertiary/aromatic N) is 1. The van der Waals surface area contributed by atoms with Gasteiger partial charge in [0.25, 0.3) is 0 Å². The van der Waals surface area contributed by atoms with E-state index < -0.39 is 5.97 Å². The van der Waals surface area contributed by atoms with Gasteiger partial charge in [-0.05, 0) is 47.6 Å². The van der Waals surface area contributed by atoms with E-state index in [0.29, 0.717) is 24.2 Å². The van der Waals surface area contributed by atoms with Gasteiger partial charge in [-0.3, -0.25) is 9.78 Å². The first-order chi connectivity index (χ1) is 16.7. The van der Waals surface area contributed by atoms with Crippen molar-refractivity contribution in [2.75, 3.05) is 5.75 Å². The van der Waals surface area contributed by atoms with Gasteiger partial charge in [-0.15, -0.1) is 0 Å². The molecule has 4 rings (SSSR count). The Kier molecular flexibility index (Phi) is 8.94. The predicted molar refractivity (Wildman–Crippen MR) is 139 cm³/mol. The monoisotopic (exact) mass is 473 g/mol. The molecule has 1 aliphatic heterocycles. The standard InChI is InChI=1S/C29H31NO3S/c31-28(32)13-7-2-1-6-12-26-27(21-34-29(26)25-11-8-18-30-19-25)33-20-22-14-16-24(17-15-22)23-9-4-3-5-10-23/h1,3-6,8-11,14-19,26-27,29H,2,7,12-13,20-21H2,(H,31,32)/b6-1-/t26-,27+,29+/m0/s1. The van der Waals surface area contributed by atoms with Crippen molar-refractivity contribution in [3.63, 3.8) is 0 Å². The number of aromatic nitrogens is 1. The summed E-state index contributed by atoms with van der Waals surface area (Å²) in [4.78, 5) is 15.0. The number of carboxylic acid groups (broad SMARTS) is 1. The second-order valence-electron chi connectivity index (χ2n) is 8.61. The molecule has 3 atom stereocenters. The molecule has 5 heteroatoms. The highest BCUT2D eigenvalue weighted by atomic mass is 32.2. The van der Waals surface area contributed by atoms with E-state index in [1.54, 1.807) is 0 Å². The minimum absolute atomic E-state index is 0.160. The number of rotatable bonds is 11.